The molecule has 0 aliphatic carbocycles. The van der Waals surface area contributed by atoms with Crippen LogP contribution in [0.5, 0.6) is 0 Å². The lowest BCUT2D eigenvalue weighted by atomic mass is 10.2. The Morgan fingerprint density at radius 2 is 1.92 bits per heavy atom. The Balaban J connectivity index is 1.94. The van der Waals surface area contributed by atoms with Gasteiger partial charge < -0.3 is 0 Å². The lowest BCUT2D eigenvalue weighted by Crippen LogP contribution is -2.27. The molecule has 9 heteroatoms. The molecule has 3 rings (SSSR count). The SMILES string of the molecule is CN(c1ccccc1)S(=O)(=O)c1ccc(Cl)c(C(=O)Nc2nccs2)c1. The second-order valence-electron chi connectivity index (χ2n) is 5.24. The second-order valence-corrected chi connectivity index (χ2v) is 8.51. The fraction of sp³-hybridized carbons (Fsp3) is 0.0588. The molecule has 26 heavy (non-hydrogen) atoms. The van der Waals surface area contributed by atoms with Gasteiger partial charge in [-0.2, -0.15) is 0 Å². The number of nitrogens with one attached hydrogen (secondary N) is 1. The number of rotatable bonds is 5. The topological polar surface area (TPSA) is 79.4 Å². The van der Waals surface area contributed by atoms with Crippen molar-refractivity contribution in [2.24, 2.45) is 0 Å². The molecule has 1 heterocycles. The van der Waals surface area contributed by atoms with Crippen LogP contribution in [-0.2, 0) is 10.0 Å². The minimum Gasteiger partial charge on any atom is -0.298 e. The van der Waals surface area contributed by atoms with Crippen LogP contribution < -0.4 is 9.62 Å². The molecule has 1 N–H and O–H groups in total. The molecule has 0 saturated carbocycles. The zero-order chi connectivity index (χ0) is 18.7. The number of sulfonamides is 1. The van der Waals surface area contributed by atoms with Crippen molar-refractivity contribution in [1.82, 2.24) is 4.98 Å². The minimum atomic E-state index is -3.85. The molecule has 0 atom stereocenters. The highest BCUT2D eigenvalue weighted by molar-refractivity contribution is 7.92. The fourth-order valence-corrected chi connectivity index (χ4v) is 4.17. The van der Waals surface area contributed by atoms with Crippen LogP contribution in [0.1, 0.15) is 10.4 Å². The second kappa shape index (κ2) is 7.45. The van der Waals surface area contributed by atoms with E-state index < -0.39 is 15.9 Å². The number of hydrogen-bond donors (Lipinski definition) is 1. The van der Waals surface area contributed by atoms with E-state index in [2.05, 4.69) is 10.3 Å². The van der Waals surface area contributed by atoms with Crippen molar-refractivity contribution in [3.63, 3.8) is 0 Å². The van der Waals surface area contributed by atoms with Gasteiger partial charge in [-0.1, -0.05) is 29.8 Å². The average Bonchev–Trinajstić information content (AvgIpc) is 3.14. The van der Waals surface area contributed by atoms with Crippen LogP contribution in [0.25, 0.3) is 0 Å². The van der Waals surface area contributed by atoms with Gasteiger partial charge in [0, 0.05) is 18.6 Å². The van der Waals surface area contributed by atoms with Gasteiger partial charge in [-0.25, -0.2) is 13.4 Å². The monoisotopic (exact) mass is 407 g/mol. The normalized spacial score (nSPS) is 11.2. The van der Waals surface area contributed by atoms with E-state index in [-0.39, 0.29) is 15.5 Å². The Morgan fingerprint density at radius 1 is 1.19 bits per heavy atom. The molecule has 0 saturated heterocycles. The number of anilines is 2. The van der Waals surface area contributed by atoms with Crippen molar-refractivity contribution >= 4 is 49.7 Å². The Kier molecular flexibility index (Phi) is 5.26. The van der Waals surface area contributed by atoms with Gasteiger partial charge in [-0.3, -0.25) is 14.4 Å². The van der Waals surface area contributed by atoms with Gasteiger partial charge in [0.2, 0.25) is 0 Å². The largest absolute Gasteiger partial charge is 0.298 e. The standard InChI is InChI=1S/C17H14ClN3O3S2/c1-21(12-5-3-2-4-6-12)26(23,24)13-7-8-15(18)14(11-13)16(22)20-17-19-9-10-25-17/h2-11H,1H3,(H,19,20,22). The molecular formula is C17H14ClN3O3S2. The predicted octanol–water partition coefficient (Wildman–Crippen LogP) is 3.87. The molecule has 0 spiro atoms. The van der Waals surface area contributed by atoms with Crippen molar-refractivity contribution in [3.05, 3.63) is 70.7 Å². The smallest absolute Gasteiger partial charge is 0.264 e. The van der Waals surface area contributed by atoms with Crippen LogP contribution >= 0.6 is 22.9 Å². The van der Waals surface area contributed by atoms with Crippen LogP contribution in [0, 0.1) is 0 Å². The molecule has 134 valence electrons. The van der Waals surface area contributed by atoms with E-state index in [1.807, 2.05) is 0 Å². The van der Waals surface area contributed by atoms with E-state index in [1.165, 1.54) is 36.6 Å². The molecule has 0 fully saturated rings. The molecule has 1 aromatic heterocycles. The average molecular weight is 408 g/mol. The van der Waals surface area contributed by atoms with Crippen LogP contribution in [0.4, 0.5) is 10.8 Å². The number of amides is 1. The van der Waals surface area contributed by atoms with Crippen molar-refractivity contribution in [3.8, 4) is 0 Å². The molecule has 3 aromatic rings. The Hall–Kier alpha value is -2.42. The number of benzene rings is 2. The quantitative estimate of drug-likeness (QED) is 0.696. The number of halogens is 1. The number of thiazole rings is 1. The zero-order valence-corrected chi connectivity index (χ0v) is 16.0. The minimum absolute atomic E-state index is 0.0301. The Labute approximate surface area is 160 Å². The summed E-state index contributed by atoms with van der Waals surface area (Å²) in [6.07, 6.45) is 1.55. The van der Waals surface area contributed by atoms with E-state index in [4.69, 9.17) is 11.6 Å². The van der Waals surface area contributed by atoms with Crippen LogP contribution in [-0.4, -0.2) is 26.4 Å². The van der Waals surface area contributed by atoms with E-state index in [0.29, 0.717) is 10.8 Å². The summed E-state index contributed by atoms with van der Waals surface area (Å²) in [5, 5.41) is 4.87. The molecule has 0 unspecified atom stereocenters. The molecule has 0 aliphatic heterocycles. The van der Waals surface area contributed by atoms with Gasteiger partial charge >= 0.3 is 0 Å². The number of hydrogen-bond acceptors (Lipinski definition) is 5. The number of nitrogens with zero attached hydrogens (tertiary/aromatic N) is 2. The van der Waals surface area contributed by atoms with Gasteiger partial charge in [-0.05, 0) is 30.3 Å². The molecular weight excluding hydrogens is 394 g/mol. The van der Waals surface area contributed by atoms with Crippen LogP contribution in [0.15, 0.2) is 65.0 Å². The highest BCUT2D eigenvalue weighted by Gasteiger charge is 2.24. The van der Waals surface area contributed by atoms with E-state index >= 15 is 0 Å². The van der Waals surface area contributed by atoms with E-state index in [0.717, 1.165) is 4.31 Å². The first kappa shape index (κ1) is 18.4. The van der Waals surface area contributed by atoms with E-state index in [9.17, 15) is 13.2 Å². The lowest BCUT2D eigenvalue weighted by Gasteiger charge is -2.20. The third kappa shape index (κ3) is 3.72. The molecule has 6 nitrogen and oxygen atoms in total. The number of aromatic nitrogens is 1. The summed E-state index contributed by atoms with van der Waals surface area (Å²) in [6.45, 7) is 0. The maximum absolute atomic E-state index is 12.9. The number of carbonyl (C=O) groups excluding carboxylic acids is 1. The summed E-state index contributed by atoms with van der Waals surface area (Å²) < 4.78 is 26.9. The van der Waals surface area contributed by atoms with Crippen LogP contribution in [0.3, 0.4) is 0 Å². The zero-order valence-electron chi connectivity index (χ0n) is 13.6. The van der Waals surface area contributed by atoms with Gasteiger partial charge in [0.05, 0.1) is 21.2 Å². The first-order valence-corrected chi connectivity index (χ1v) is 10.1. The lowest BCUT2D eigenvalue weighted by molar-refractivity contribution is 0.102. The molecule has 0 radical (unpaired) electrons. The summed E-state index contributed by atoms with van der Waals surface area (Å²) in [4.78, 5) is 16.4. The fourth-order valence-electron chi connectivity index (χ4n) is 2.22. The van der Waals surface area contributed by atoms with Crippen molar-refractivity contribution in [1.29, 1.82) is 0 Å². The first-order valence-electron chi connectivity index (χ1n) is 7.44. The maximum Gasteiger partial charge on any atom is 0.264 e. The van der Waals surface area contributed by atoms with Gasteiger partial charge in [0.1, 0.15) is 0 Å². The summed E-state index contributed by atoms with van der Waals surface area (Å²) >= 11 is 7.34. The third-order valence-corrected chi connectivity index (χ3v) is 6.41. The highest BCUT2D eigenvalue weighted by atomic mass is 35.5. The predicted molar refractivity (Wildman–Crippen MR) is 104 cm³/mol. The summed E-state index contributed by atoms with van der Waals surface area (Å²) in [5.41, 5.74) is 0.570. The van der Waals surface area contributed by atoms with Crippen molar-refractivity contribution < 1.29 is 13.2 Å². The van der Waals surface area contributed by atoms with Gasteiger partial charge in [0.15, 0.2) is 5.13 Å². The molecule has 0 aliphatic rings. The van der Waals surface area contributed by atoms with Crippen LogP contribution in [0.2, 0.25) is 5.02 Å². The molecule has 0 bridgehead atoms. The number of carbonyl (C=O) groups is 1. The van der Waals surface area contributed by atoms with Gasteiger partial charge in [-0.15, -0.1) is 11.3 Å². The Morgan fingerprint density at radius 3 is 2.58 bits per heavy atom. The summed E-state index contributed by atoms with van der Waals surface area (Å²) in [5.74, 6) is -0.524. The van der Waals surface area contributed by atoms with Gasteiger partial charge in [0.25, 0.3) is 15.9 Å². The molecule has 1 amide bonds. The number of para-hydroxylation sites is 1. The highest BCUT2D eigenvalue weighted by Crippen LogP contribution is 2.26. The molecule has 2 aromatic carbocycles. The maximum atomic E-state index is 12.9. The van der Waals surface area contributed by atoms with Crippen molar-refractivity contribution in [2.45, 2.75) is 4.90 Å². The summed E-state index contributed by atoms with van der Waals surface area (Å²) in [7, 11) is -2.39. The Bertz CT molecular complexity index is 1020. The van der Waals surface area contributed by atoms with Crippen molar-refractivity contribution in [2.75, 3.05) is 16.7 Å². The summed E-state index contributed by atoms with van der Waals surface area (Å²) in [6, 6.07) is 12.7. The third-order valence-electron chi connectivity index (χ3n) is 3.61. The first-order chi connectivity index (χ1) is 12.4. The van der Waals surface area contributed by atoms with E-state index in [1.54, 1.807) is 41.9 Å².